The average molecular weight is 362 g/mol. The lowest BCUT2D eigenvalue weighted by molar-refractivity contribution is -0.132. The summed E-state index contributed by atoms with van der Waals surface area (Å²) < 4.78 is 12.4. The lowest BCUT2D eigenvalue weighted by Crippen LogP contribution is -2.51. The minimum atomic E-state index is -0.562. The molecule has 10 heteroatoms. The second-order valence-electron chi connectivity index (χ2n) is 6.31. The van der Waals surface area contributed by atoms with Crippen LogP contribution in [-0.2, 0) is 25.5 Å². The molecule has 2 aromatic heterocycles. The van der Waals surface area contributed by atoms with Crippen molar-refractivity contribution in [3.63, 3.8) is 0 Å². The van der Waals surface area contributed by atoms with Crippen molar-refractivity contribution in [1.82, 2.24) is 24.9 Å². The van der Waals surface area contributed by atoms with Gasteiger partial charge in [0, 0.05) is 18.0 Å². The van der Waals surface area contributed by atoms with E-state index in [9.17, 15) is 9.59 Å². The van der Waals surface area contributed by atoms with Crippen molar-refractivity contribution >= 4 is 17.6 Å². The highest BCUT2D eigenvalue weighted by molar-refractivity contribution is 5.78. The van der Waals surface area contributed by atoms with E-state index in [1.807, 2.05) is 19.9 Å². The molecule has 26 heavy (non-hydrogen) atoms. The van der Waals surface area contributed by atoms with E-state index in [1.165, 1.54) is 0 Å². The Morgan fingerprint density at radius 3 is 3.00 bits per heavy atom. The molecule has 3 heterocycles. The number of nitrogens with one attached hydrogen (secondary N) is 1. The van der Waals surface area contributed by atoms with Gasteiger partial charge in [-0.2, -0.15) is 4.98 Å². The fourth-order valence-corrected chi connectivity index (χ4v) is 2.91. The highest BCUT2D eigenvalue weighted by atomic mass is 16.5. The number of rotatable bonds is 6. The quantitative estimate of drug-likeness (QED) is 0.677. The van der Waals surface area contributed by atoms with E-state index in [2.05, 4.69) is 20.4 Å². The van der Waals surface area contributed by atoms with Gasteiger partial charge < -0.3 is 20.5 Å². The van der Waals surface area contributed by atoms with E-state index in [-0.39, 0.29) is 25.0 Å². The largest absolute Gasteiger partial charge is 0.379 e. The number of hydrogen-bond acceptors (Lipinski definition) is 7. The molecule has 2 atom stereocenters. The molecule has 0 saturated carbocycles. The standard InChI is InChI=1S/C16H22N6O4/c1-9-5-10(2)22-16(18-9)20-14(21-22)6-15(24)19-11-3-4-25-7-12(11)26-8-13(17)23/h5,11-12H,3-4,6-8H2,1-2H3,(H2,17,23)(H,19,24)/t11-,12-/m1/s1. The normalized spacial score (nSPS) is 20.2. The van der Waals surface area contributed by atoms with Gasteiger partial charge >= 0.3 is 0 Å². The van der Waals surface area contributed by atoms with Crippen molar-refractivity contribution < 1.29 is 19.1 Å². The highest BCUT2D eigenvalue weighted by Gasteiger charge is 2.28. The zero-order valence-corrected chi connectivity index (χ0v) is 14.8. The van der Waals surface area contributed by atoms with E-state index in [1.54, 1.807) is 4.52 Å². The van der Waals surface area contributed by atoms with Gasteiger partial charge in [-0.1, -0.05) is 0 Å². The summed E-state index contributed by atoms with van der Waals surface area (Å²) in [6, 6.07) is 1.64. The second-order valence-corrected chi connectivity index (χ2v) is 6.31. The number of fused-ring (bicyclic) bond motifs is 1. The Balaban J connectivity index is 1.64. The smallest absolute Gasteiger partial charge is 0.252 e. The van der Waals surface area contributed by atoms with Crippen LogP contribution >= 0.6 is 0 Å². The van der Waals surface area contributed by atoms with Gasteiger partial charge in [-0.05, 0) is 26.3 Å². The molecule has 0 aliphatic carbocycles. The maximum atomic E-state index is 12.4. The number of nitrogens with two attached hydrogens (primary N) is 1. The van der Waals surface area contributed by atoms with Crippen LogP contribution in [0.5, 0.6) is 0 Å². The maximum absolute atomic E-state index is 12.4. The molecule has 3 N–H and O–H groups in total. The van der Waals surface area contributed by atoms with Gasteiger partial charge in [-0.15, -0.1) is 5.10 Å². The molecular formula is C16H22N6O4. The third-order valence-electron chi connectivity index (χ3n) is 4.07. The summed E-state index contributed by atoms with van der Waals surface area (Å²) >= 11 is 0. The Hall–Kier alpha value is -2.59. The van der Waals surface area contributed by atoms with Gasteiger partial charge in [0.05, 0.1) is 19.1 Å². The minimum Gasteiger partial charge on any atom is -0.379 e. The number of carbonyl (C=O) groups is 2. The number of carbonyl (C=O) groups excluding carboxylic acids is 2. The van der Waals surface area contributed by atoms with E-state index in [4.69, 9.17) is 15.2 Å². The number of ether oxygens (including phenoxy) is 2. The third kappa shape index (κ3) is 4.33. The molecule has 0 radical (unpaired) electrons. The summed E-state index contributed by atoms with van der Waals surface area (Å²) in [5.74, 6) is 0.0759. The van der Waals surface area contributed by atoms with Crippen LogP contribution in [0.2, 0.25) is 0 Å². The molecule has 10 nitrogen and oxygen atoms in total. The number of primary amides is 1. The molecule has 3 rings (SSSR count). The third-order valence-corrected chi connectivity index (χ3v) is 4.07. The summed E-state index contributed by atoms with van der Waals surface area (Å²) in [5.41, 5.74) is 6.84. The average Bonchev–Trinajstić information content (AvgIpc) is 2.96. The van der Waals surface area contributed by atoms with E-state index < -0.39 is 12.0 Å². The van der Waals surface area contributed by atoms with Crippen LogP contribution in [0.1, 0.15) is 23.6 Å². The molecule has 1 aliphatic rings. The van der Waals surface area contributed by atoms with Gasteiger partial charge in [-0.3, -0.25) is 9.59 Å². The molecule has 1 aliphatic heterocycles. The first-order valence-corrected chi connectivity index (χ1v) is 8.39. The first kappa shape index (κ1) is 18.2. The molecule has 0 aromatic carbocycles. The van der Waals surface area contributed by atoms with E-state index in [0.717, 1.165) is 11.4 Å². The van der Waals surface area contributed by atoms with Crippen molar-refractivity contribution in [2.24, 2.45) is 5.73 Å². The van der Waals surface area contributed by atoms with Crippen molar-refractivity contribution in [3.05, 3.63) is 23.3 Å². The Bertz CT molecular complexity index is 820. The Labute approximate surface area is 150 Å². The lowest BCUT2D eigenvalue weighted by atomic mass is 10.1. The first-order chi connectivity index (χ1) is 12.4. The molecule has 1 saturated heterocycles. The zero-order chi connectivity index (χ0) is 18.7. The van der Waals surface area contributed by atoms with Crippen molar-refractivity contribution in [3.8, 4) is 0 Å². The van der Waals surface area contributed by atoms with Gasteiger partial charge in [-0.25, -0.2) is 9.50 Å². The summed E-state index contributed by atoms with van der Waals surface area (Å²) in [5, 5.41) is 7.24. The van der Waals surface area contributed by atoms with Crippen molar-refractivity contribution in [2.45, 2.75) is 38.8 Å². The van der Waals surface area contributed by atoms with Gasteiger partial charge in [0.15, 0.2) is 5.82 Å². The van der Waals surface area contributed by atoms with Crippen molar-refractivity contribution in [2.75, 3.05) is 19.8 Å². The number of hydrogen-bond donors (Lipinski definition) is 2. The molecule has 140 valence electrons. The van der Waals surface area contributed by atoms with Crippen molar-refractivity contribution in [1.29, 1.82) is 0 Å². The van der Waals surface area contributed by atoms with Crippen LogP contribution in [0.4, 0.5) is 0 Å². The first-order valence-electron chi connectivity index (χ1n) is 8.39. The Morgan fingerprint density at radius 2 is 2.23 bits per heavy atom. The molecule has 0 spiro atoms. The minimum absolute atomic E-state index is 0.0295. The number of nitrogens with zero attached hydrogens (tertiary/aromatic N) is 4. The fraction of sp³-hybridized carbons (Fsp3) is 0.562. The Kier molecular flexibility index (Phi) is 5.43. The fourth-order valence-electron chi connectivity index (χ4n) is 2.91. The number of aryl methyl sites for hydroxylation is 2. The van der Waals surface area contributed by atoms with E-state index >= 15 is 0 Å². The molecule has 0 bridgehead atoms. The van der Waals surface area contributed by atoms with Crippen LogP contribution in [-0.4, -0.2) is 63.4 Å². The summed E-state index contributed by atoms with van der Waals surface area (Å²) in [7, 11) is 0. The summed E-state index contributed by atoms with van der Waals surface area (Å²) in [4.78, 5) is 31.9. The summed E-state index contributed by atoms with van der Waals surface area (Å²) in [6.45, 7) is 4.39. The predicted octanol–water partition coefficient (Wildman–Crippen LogP) is -0.941. The van der Waals surface area contributed by atoms with Gasteiger partial charge in [0.2, 0.25) is 11.8 Å². The monoisotopic (exact) mass is 362 g/mol. The molecule has 1 fully saturated rings. The van der Waals surface area contributed by atoms with Crippen LogP contribution in [0.25, 0.3) is 5.78 Å². The lowest BCUT2D eigenvalue weighted by Gasteiger charge is -2.31. The van der Waals surface area contributed by atoms with Crippen LogP contribution in [0.3, 0.4) is 0 Å². The van der Waals surface area contributed by atoms with Crippen LogP contribution in [0, 0.1) is 13.8 Å². The summed E-state index contributed by atoms with van der Waals surface area (Å²) in [6.07, 6.45) is 0.204. The second kappa shape index (κ2) is 7.75. The molecule has 2 aromatic rings. The number of amides is 2. The molecular weight excluding hydrogens is 340 g/mol. The van der Waals surface area contributed by atoms with E-state index in [0.29, 0.717) is 31.2 Å². The molecule has 0 unspecified atom stereocenters. The Morgan fingerprint density at radius 1 is 1.42 bits per heavy atom. The predicted molar refractivity (Wildman–Crippen MR) is 90.3 cm³/mol. The van der Waals surface area contributed by atoms with Crippen LogP contribution < -0.4 is 11.1 Å². The molecule has 2 amide bonds. The SMILES string of the molecule is Cc1cc(C)n2nc(CC(=O)N[C@@H]3CCOC[C@H]3OCC(N)=O)nc2n1. The van der Waals surface area contributed by atoms with Gasteiger partial charge in [0.1, 0.15) is 12.7 Å². The van der Waals surface area contributed by atoms with Gasteiger partial charge in [0.25, 0.3) is 5.78 Å². The maximum Gasteiger partial charge on any atom is 0.252 e. The topological polar surface area (TPSA) is 134 Å². The zero-order valence-electron chi connectivity index (χ0n) is 14.8. The number of aromatic nitrogens is 4. The van der Waals surface area contributed by atoms with Crippen LogP contribution in [0.15, 0.2) is 6.07 Å². The highest BCUT2D eigenvalue weighted by Crippen LogP contribution is 2.12.